The molecule has 0 aliphatic carbocycles. The van der Waals surface area contributed by atoms with E-state index in [-0.39, 0.29) is 11.7 Å². The Hall–Kier alpha value is -1.12. The third-order valence-corrected chi connectivity index (χ3v) is 2.66. The van der Waals surface area contributed by atoms with Crippen LogP contribution in [0.25, 0.3) is 0 Å². The van der Waals surface area contributed by atoms with Crippen LogP contribution in [0.5, 0.6) is 0 Å². The molecule has 0 saturated carbocycles. The van der Waals surface area contributed by atoms with Crippen molar-refractivity contribution in [1.82, 2.24) is 14.7 Å². The highest BCUT2D eigenvalue weighted by atomic mass is 127. The van der Waals surface area contributed by atoms with Crippen LogP contribution in [-0.2, 0) is 0 Å². The van der Waals surface area contributed by atoms with Crippen LogP contribution in [-0.4, -0.2) is 37.7 Å². The number of hydrogen-bond donors (Lipinski definition) is 1. The van der Waals surface area contributed by atoms with Crippen molar-refractivity contribution >= 4 is 34.5 Å². The number of alkyl halides is 1. The molecule has 6 nitrogen and oxygen atoms in total. The van der Waals surface area contributed by atoms with Crippen molar-refractivity contribution in [1.29, 1.82) is 0 Å². The van der Waals surface area contributed by atoms with Gasteiger partial charge in [-0.15, -0.1) is 0 Å². The summed E-state index contributed by atoms with van der Waals surface area (Å²) in [6.07, 6.45) is 1.43. The number of nitrogens with two attached hydrogens (primary N) is 1. The lowest BCUT2D eigenvalue weighted by molar-refractivity contribution is 0.0995. The zero-order valence-corrected chi connectivity index (χ0v) is 10.3. The van der Waals surface area contributed by atoms with Crippen molar-refractivity contribution in [2.75, 3.05) is 11.1 Å². The lowest BCUT2D eigenvalue weighted by Crippen LogP contribution is -2.33. The third kappa shape index (κ3) is 2.67. The zero-order chi connectivity index (χ0) is 11.4. The lowest BCUT2D eigenvalue weighted by Gasteiger charge is -2.16. The number of rotatable bonds is 3. The van der Waals surface area contributed by atoms with E-state index in [1.165, 1.54) is 12.3 Å². The predicted molar refractivity (Wildman–Crippen MR) is 62.8 cm³/mol. The van der Waals surface area contributed by atoms with E-state index in [4.69, 9.17) is 5.73 Å². The molecule has 82 valence electrons. The Bertz CT molecular complexity index is 372. The highest BCUT2D eigenvalue weighted by molar-refractivity contribution is 14.1. The molecule has 0 aliphatic heterocycles. The van der Waals surface area contributed by atoms with Gasteiger partial charge >= 0.3 is 6.03 Å². The molecule has 0 saturated heterocycles. The Morgan fingerprint density at radius 1 is 1.67 bits per heavy atom. The molecular weight excluding hydrogens is 311 g/mol. The average Bonchev–Trinajstić information content (AvgIpc) is 2.68. The maximum absolute atomic E-state index is 11.7. The average molecular weight is 322 g/mol. The fraction of sp³-hybridized carbons (Fsp3) is 0.375. The molecule has 0 atom stereocenters. The van der Waals surface area contributed by atoms with Gasteiger partial charge in [0, 0.05) is 12.7 Å². The van der Waals surface area contributed by atoms with Crippen LogP contribution in [0.15, 0.2) is 12.3 Å². The summed E-state index contributed by atoms with van der Waals surface area (Å²) >= 11 is 2.08. The third-order valence-electron chi connectivity index (χ3n) is 1.83. The first-order valence-electron chi connectivity index (χ1n) is 4.30. The molecule has 1 heterocycles. The van der Waals surface area contributed by atoms with Crippen LogP contribution >= 0.6 is 22.6 Å². The summed E-state index contributed by atoms with van der Waals surface area (Å²) in [5.74, 6) is -0.640. The van der Waals surface area contributed by atoms with Gasteiger partial charge in [-0.3, -0.25) is 4.79 Å². The molecule has 2 N–H and O–H groups in total. The SMILES string of the molecule is CCN(CI)C(=O)n1ccc(C(N)=O)n1. The highest BCUT2D eigenvalue weighted by Gasteiger charge is 2.14. The quantitative estimate of drug-likeness (QED) is 0.504. The molecule has 0 fully saturated rings. The smallest absolute Gasteiger partial charge is 0.345 e. The van der Waals surface area contributed by atoms with E-state index < -0.39 is 5.91 Å². The molecule has 0 unspecified atom stereocenters. The number of carbonyl (C=O) groups excluding carboxylic acids is 2. The van der Waals surface area contributed by atoms with Crippen molar-refractivity contribution in [3.8, 4) is 0 Å². The van der Waals surface area contributed by atoms with Gasteiger partial charge in [0.2, 0.25) is 0 Å². The summed E-state index contributed by atoms with van der Waals surface area (Å²) in [4.78, 5) is 24.1. The Morgan fingerprint density at radius 2 is 2.33 bits per heavy atom. The van der Waals surface area contributed by atoms with Crippen molar-refractivity contribution < 1.29 is 9.59 Å². The first-order chi connectivity index (χ1) is 7.10. The van der Waals surface area contributed by atoms with Gasteiger partial charge < -0.3 is 10.6 Å². The number of nitrogens with zero attached hydrogens (tertiary/aromatic N) is 3. The Balaban J connectivity index is 2.86. The van der Waals surface area contributed by atoms with Gasteiger partial charge in [0.15, 0.2) is 5.69 Å². The van der Waals surface area contributed by atoms with Crippen LogP contribution < -0.4 is 5.73 Å². The predicted octanol–water partition coefficient (Wildman–Crippen LogP) is 0.665. The fourth-order valence-corrected chi connectivity index (χ4v) is 1.75. The van der Waals surface area contributed by atoms with E-state index >= 15 is 0 Å². The lowest BCUT2D eigenvalue weighted by atomic mass is 10.4. The van der Waals surface area contributed by atoms with Gasteiger partial charge in [-0.1, -0.05) is 22.6 Å². The van der Waals surface area contributed by atoms with Crippen molar-refractivity contribution in [3.63, 3.8) is 0 Å². The van der Waals surface area contributed by atoms with E-state index in [1.807, 2.05) is 6.92 Å². The van der Waals surface area contributed by atoms with E-state index in [9.17, 15) is 9.59 Å². The monoisotopic (exact) mass is 322 g/mol. The molecule has 2 amide bonds. The molecule has 0 aromatic carbocycles. The minimum Gasteiger partial charge on any atom is -0.364 e. The van der Waals surface area contributed by atoms with E-state index in [2.05, 4.69) is 27.7 Å². The maximum Gasteiger partial charge on any atom is 0.345 e. The second kappa shape index (κ2) is 5.10. The molecule has 1 aromatic heterocycles. The summed E-state index contributed by atoms with van der Waals surface area (Å²) in [6, 6.07) is 1.15. The van der Waals surface area contributed by atoms with Crippen LogP contribution in [0.4, 0.5) is 4.79 Å². The minimum atomic E-state index is -0.640. The number of aromatic nitrogens is 2. The molecule has 0 radical (unpaired) electrons. The summed E-state index contributed by atoms with van der Waals surface area (Å²) in [5.41, 5.74) is 5.12. The molecule has 7 heteroatoms. The molecule has 0 bridgehead atoms. The van der Waals surface area contributed by atoms with E-state index in [0.717, 1.165) is 4.68 Å². The summed E-state index contributed by atoms with van der Waals surface area (Å²) in [7, 11) is 0. The molecule has 0 aliphatic rings. The molecule has 0 spiro atoms. The van der Waals surface area contributed by atoms with Gasteiger partial charge in [0.1, 0.15) is 0 Å². The number of amides is 2. The van der Waals surface area contributed by atoms with Crippen molar-refractivity contribution in [2.24, 2.45) is 5.73 Å². The van der Waals surface area contributed by atoms with E-state index in [0.29, 0.717) is 11.1 Å². The number of hydrogen-bond acceptors (Lipinski definition) is 3. The van der Waals surface area contributed by atoms with Crippen LogP contribution in [0.3, 0.4) is 0 Å². The topological polar surface area (TPSA) is 81.2 Å². The second-order valence-electron chi connectivity index (χ2n) is 2.77. The number of primary amides is 1. The first-order valence-corrected chi connectivity index (χ1v) is 5.83. The van der Waals surface area contributed by atoms with Crippen LogP contribution in [0.1, 0.15) is 17.4 Å². The highest BCUT2D eigenvalue weighted by Crippen LogP contribution is 2.01. The van der Waals surface area contributed by atoms with Gasteiger partial charge in [0.05, 0.1) is 4.55 Å². The van der Waals surface area contributed by atoms with Gasteiger partial charge in [-0.25, -0.2) is 4.79 Å². The second-order valence-corrected chi connectivity index (χ2v) is 3.45. The Morgan fingerprint density at radius 3 is 2.73 bits per heavy atom. The molecular formula is C8H11IN4O2. The summed E-state index contributed by atoms with van der Waals surface area (Å²) in [6.45, 7) is 2.46. The van der Waals surface area contributed by atoms with Crippen LogP contribution in [0.2, 0.25) is 0 Å². The molecule has 1 aromatic rings. The van der Waals surface area contributed by atoms with E-state index in [1.54, 1.807) is 4.90 Å². The van der Waals surface area contributed by atoms with Gasteiger partial charge in [0.25, 0.3) is 5.91 Å². The zero-order valence-electron chi connectivity index (χ0n) is 8.18. The molecule has 1 rings (SSSR count). The van der Waals surface area contributed by atoms with Gasteiger partial charge in [-0.2, -0.15) is 9.78 Å². The van der Waals surface area contributed by atoms with Crippen molar-refractivity contribution in [2.45, 2.75) is 6.92 Å². The standard InChI is InChI=1S/C8H11IN4O2/c1-2-12(5-9)8(15)13-4-3-6(11-13)7(10)14/h3-4H,2,5H2,1H3,(H2,10,14). The first kappa shape index (κ1) is 12.0. The number of halogens is 1. The summed E-state index contributed by atoms with van der Waals surface area (Å²) in [5, 5.41) is 3.77. The molecule has 15 heavy (non-hydrogen) atoms. The minimum absolute atomic E-state index is 0.0906. The number of carbonyl (C=O) groups is 2. The normalized spacial score (nSPS) is 10.0. The van der Waals surface area contributed by atoms with Crippen molar-refractivity contribution in [3.05, 3.63) is 18.0 Å². The van der Waals surface area contributed by atoms with Gasteiger partial charge in [-0.05, 0) is 13.0 Å². The fourth-order valence-electron chi connectivity index (χ4n) is 0.978. The Kier molecular flexibility index (Phi) is 4.06. The summed E-state index contributed by atoms with van der Waals surface area (Å²) < 4.78 is 1.68. The van der Waals surface area contributed by atoms with Crippen LogP contribution in [0, 0.1) is 0 Å². The Labute approximate surface area is 101 Å². The maximum atomic E-state index is 11.7. The largest absolute Gasteiger partial charge is 0.364 e.